The van der Waals surface area contributed by atoms with E-state index < -0.39 is 0 Å². The highest BCUT2D eigenvalue weighted by molar-refractivity contribution is 5.77. The molecular formula is C13H19NO3. The largest absolute Gasteiger partial charge is 0.491 e. The molecule has 0 fully saturated rings. The minimum Gasteiger partial charge on any atom is -0.491 e. The second kappa shape index (κ2) is 6.91. The molecule has 4 nitrogen and oxygen atoms in total. The lowest BCUT2D eigenvalue weighted by Crippen LogP contribution is -2.30. The summed E-state index contributed by atoms with van der Waals surface area (Å²) in [5.74, 6) is 0.739. The van der Waals surface area contributed by atoms with Crippen molar-refractivity contribution in [3.05, 3.63) is 29.3 Å². The van der Waals surface area contributed by atoms with Crippen LogP contribution in [0.15, 0.2) is 18.2 Å². The Labute approximate surface area is 102 Å². The second-order valence-corrected chi connectivity index (χ2v) is 3.90. The Balaban J connectivity index is 2.31. The second-order valence-electron chi connectivity index (χ2n) is 3.90. The smallest absolute Gasteiger partial charge is 0.246 e. The first-order valence-electron chi connectivity index (χ1n) is 5.59. The molecule has 0 radical (unpaired) electrons. The minimum absolute atomic E-state index is 0.0868. The van der Waals surface area contributed by atoms with E-state index in [1.54, 1.807) is 0 Å². The van der Waals surface area contributed by atoms with E-state index in [2.05, 4.69) is 5.32 Å². The van der Waals surface area contributed by atoms with Crippen LogP contribution in [-0.2, 0) is 9.53 Å². The molecule has 4 heteroatoms. The van der Waals surface area contributed by atoms with Gasteiger partial charge >= 0.3 is 0 Å². The van der Waals surface area contributed by atoms with E-state index in [1.165, 1.54) is 7.11 Å². The number of methoxy groups -OCH3 is 1. The number of ether oxygens (including phenoxy) is 2. The van der Waals surface area contributed by atoms with E-state index in [1.807, 2.05) is 32.0 Å². The third-order valence-electron chi connectivity index (χ3n) is 2.30. The quantitative estimate of drug-likeness (QED) is 0.762. The number of aryl methyl sites for hydroxylation is 2. The molecule has 0 aliphatic rings. The molecule has 1 aromatic rings. The van der Waals surface area contributed by atoms with E-state index in [4.69, 9.17) is 9.47 Å². The molecule has 0 bridgehead atoms. The number of carbonyl (C=O) groups excluding carboxylic acids is 1. The predicted octanol–water partition coefficient (Wildman–Crippen LogP) is 1.44. The van der Waals surface area contributed by atoms with Gasteiger partial charge in [0.1, 0.15) is 19.0 Å². The van der Waals surface area contributed by atoms with E-state index >= 15 is 0 Å². The lowest BCUT2D eigenvalue weighted by molar-refractivity contribution is -0.124. The number of rotatable bonds is 6. The molecule has 94 valence electrons. The number of amides is 1. The molecular weight excluding hydrogens is 218 g/mol. The van der Waals surface area contributed by atoms with Crippen molar-refractivity contribution in [2.75, 3.05) is 26.9 Å². The highest BCUT2D eigenvalue weighted by Crippen LogP contribution is 2.18. The molecule has 0 heterocycles. The Hall–Kier alpha value is -1.55. The Morgan fingerprint density at radius 2 is 2.12 bits per heavy atom. The van der Waals surface area contributed by atoms with Crippen LogP contribution in [-0.4, -0.2) is 32.8 Å². The summed E-state index contributed by atoms with van der Waals surface area (Å²) < 4.78 is 10.3. The zero-order chi connectivity index (χ0) is 12.7. The molecule has 0 aliphatic heterocycles. The Kier molecular flexibility index (Phi) is 5.49. The zero-order valence-electron chi connectivity index (χ0n) is 10.6. The lowest BCUT2D eigenvalue weighted by atomic mass is 10.1. The average Bonchev–Trinajstić information content (AvgIpc) is 2.29. The molecule has 0 saturated carbocycles. The van der Waals surface area contributed by atoms with Crippen molar-refractivity contribution in [1.29, 1.82) is 0 Å². The molecule has 0 atom stereocenters. The summed E-state index contributed by atoms with van der Waals surface area (Å²) in [5.41, 5.74) is 2.26. The molecule has 1 amide bonds. The maximum atomic E-state index is 11.1. The first-order chi connectivity index (χ1) is 8.13. The van der Waals surface area contributed by atoms with Crippen LogP contribution in [0.5, 0.6) is 5.75 Å². The van der Waals surface area contributed by atoms with Gasteiger partial charge in [-0.2, -0.15) is 0 Å². The SMILES string of the molecule is COCC(=O)NCCOc1cc(C)ccc1C. The summed E-state index contributed by atoms with van der Waals surface area (Å²) in [6.07, 6.45) is 0. The monoisotopic (exact) mass is 237 g/mol. The van der Waals surface area contributed by atoms with Crippen LogP contribution in [0.4, 0.5) is 0 Å². The van der Waals surface area contributed by atoms with Crippen molar-refractivity contribution in [1.82, 2.24) is 5.32 Å². The standard InChI is InChI=1S/C13H19NO3/c1-10-4-5-11(2)12(8-10)17-7-6-14-13(15)9-16-3/h4-5,8H,6-7,9H2,1-3H3,(H,14,15). The number of hydrogen-bond acceptors (Lipinski definition) is 3. The van der Waals surface area contributed by atoms with Crippen molar-refractivity contribution >= 4 is 5.91 Å². The fourth-order valence-corrected chi connectivity index (χ4v) is 1.40. The lowest BCUT2D eigenvalue weighted by Gasteiger charge is -2.10. The summed E-state index contributed by atoms with van der Waals surface area (Å²) in [5, 5.41) is 2.70. The van der Waals surface area contributed by atoms with Crippen molar-refractivity contribution in [2.24, 2.45) is 0 Å². The first kappa shape index (κ1) is 13.5. The Morgan fingerprint density at radius 1 is 1.35 bits per heavy atom. The zero-order valence-corrected chi connectivity index (χ0v) is 10.6. The topological polar surface area (TPSA) is 47.6 Å². The van der Waals surface area contributed by atoms with Crippen molar-refractivity contribution in [3.63, 3.8) is 0 Å². The van der Waals surface area contributed by atoms with Gasteiger partial charge in [0, 0.05) is 7.11 Å². The molecule has 0 saturated heterocycles. The summed E-state index contributed by atoms with van der Waals surface area (Å²) in [6.45, 7) is 5.05. The van der Waals surface area contributed by atoms with Crippen LogP contribution in [0.2, 0.25) is 0 Å². The predicted molar refractivity (Wildman–Crippen MR) is 66.3 cm³/mol. The average molecular weight is 237 g/mol. The van der Waals surface area contributed by atoms with E-state index in [9.17, 15) is 4.79 Å². The van der Waals surface area contributed by atoms with Crippen molar-refractivity contribution < 1.29 is 14.3 Å². The number of benzene rings is 1. The molecule has 0 spiro atoms. The van der Waals surface area contributed by atoms with Gasteiger partial charge in [-0.3, -0.25) is 4.79 Å². The van der Waals surface area contributed by atoms with Crippen LogP contribution < -0.4 is 10.1 Å². The molecule has 0 unspecified atom stereocenters. The van der Waals surface area contributed by atoms with Gasteiger partial charge in [-0.15, -0.1) is 0 Å². The van der Waals surface area contributed by atoms with Crippen molar-refractivity contribution in [3.8, 4) is 5.75 Å². The van der Waals surface area contributed by atoms with Gasteiger partial charge in [0.25, 0.3) is 0 Å². The third-order valence-corrected chi connectivity index (χ3v) is 2.30. The maximum absolute atomic E-state index is 11.1. The van der Waals surface area contributed by atoms with Crippen LogP contribution in [0.3, 0.4) is 0 Å². The van der Waals surface area contributed by atoms with Gasteiger partial charge in [-0.1, -0.05) is 12.1 Å². The third kappa shape index (κ3) is 4.87. The van der Waals surface area contributed by atoms with E-state index in [-0.39, 0.29) is 12.5 Å². The van der Waals surface area contributed by atoms with E-state index in [0.29, 0.717) is 13.2 Å². The molecule has 0 aliphatic carbocycles. The molecule has 17 heavy (non-hydrogen) atoms. The van der Waals surface area contributed by atoms with Gasteiger partial charge in [0.2, 0.25) is 5.91 Å². The van der Waals surface area contributed by atoms with Crippen molar-refractivity contribution in [2.45, 2.75) is 13.8 Å². The minimum atomic E-state index is -0.128. The van der Waals surface area contributed by atoms with Crippen LogP contribution >= 0.6 is 0 Å². The van der Waals surface area contributed by atoms with Gasteiger partial charge in [0.05, 0.1) is 6.54 Å². The number of carbonyl (C=O) groups is 1. The van der Waals surface area contributed by atoms with E-state index in [0.717, 1.165) is 16.9 Å². The fourth-order valence-electron chi connectivity index (χ4n) is 1.40. The Morgan fingerprint density at radius 3 is 2.82 bits per heavy atom. The van der Waals surface area contributed by atoms with Gasteiger partial charge in [0.15, 0.2) is 0 Å². The number of nitrogens with one attached hydrogen (secondary N) is 1. The summed E-state index contributed by atoms with van der Waals surface area (Å²) >= 11 is 0. The van der Waals surface area contributed by atoms with Gasteiger partial charge in [-0.25, -0.2) is 0 Å². The molecule has 0 aromatic heterocycles. The number of hydrogen-bond donors (Lipinski definition) is 1. The van der Waals surface area contributed by atoms with Gasteiger partial charge in [-0.05, 0) is 31.0 Å². The summed E-state index contributed by atoms with van der Waals surface area (Å²) in [6, 6.07) is 6.06. The summed E-state index contributed by atoms with van der Waals surface area (Å²) in [7, 11) is 1.49. The van der Waals surface area contributed by atoms with Crippen LogP contribution in [0.25, 0.3) is 0 Å². The maximum Gasteiger partial charge on any atom is 0.246 e. The fraction of sp³-hybridized carbons (Fsp3) is 0.462. The highest BCUT2D eigenvalue weighted by Gasteiger charge is 2.01. The normalized spacial score (nSPS) is 10.1. The Bertz CT molecular complexity index is 377. The molecule has 1 rings (SSSR count). The van der Waals surface area contributed by atoms with Crippen LogP contribution in [0.1, 0.15) is 11.1 Å². The molecule has 1 aromatic carbocycles. The summed E-state index contributed by atoms with van der Waals surface area (Å²) in [4.78, 5) is 11.1. The van der Waals surface area contributed by atoms with Crippen LogP contribution in [0, 0.1) is 13.8 Å². The first-order valence-corrected chi connectivity index (χ1v) is 5.59. The highest BCUT2D eigenvalue weighted by atomic mass is 16.5. The van der Waals surface area contributed by atoms with Gasteiger partial charge < -0.3 is 14.8 Å². The molecule has 1 N–H and O–H groups in total.